The van der Waals surface area contributed by atoms with Crippen molar-refractivity contribution in [3.63, 3.8) is 0 Å². The molecule has 14 atom stereocenters. The molecule has 14 amide bonds. The third-order valence-electron chi connectivity index (χ3n) is 17.6. The number of carboxylic acid groups (broad SMARTS) is 2. The van der Waals surface area contributed by atoms with Crippen LogP contribution in [0, 0.1) is 29.6 Å². The summed E-state index contributed by atoms with van der Waals surface area (Å²) in [6.45, 7) is 17.1. The Balaban J connectivity index is 0.0000311. The van der Waals surface area contributed by atoms with Gasteiger partial charge < -0.3 is 125 Å². The van der Waals surface area contributed by atoms with Gasteiger partial charge in [0.25, 0.3) is 5.97 Å². The first-order valence-electron chi connectivity index (χ1n) is 38.2. The van der Waals surface area contributed by atoms with E-state index >= 15 is 0 Å². The zero-order valence-corrected chi connectivity index (χ0v) is 67.4. The lowest BCUT2D eigenvalue weighted by Crippen LogP contribution is -2.61. The topological polar surface area (TPSA) is 711 Å². The maximum atomic E-state index is 14.6. The molecule has 644 valence electrons. The third-order valence-corrected chi connectivity index (χ3v) is 17.6. The molecule has 0 saturated heterocycles. The number of primary amides is 2. The summed E-state index contributed by atoms with van der Waals surface area (Å²) in [6, 6.07) is -9.26. The standard InChI is InChI=1S/C71H124N22O17.C2H4O2/c1-11-40(9)56(93-62(103)44(23-16-17-27-72)86-69(110)57(41(10)12-2)92-59(100)43(73)22-18-28-80-70(76)77)68(109)82-35-54(96)83-48(31-38(5)6)63(104)89-50(33-42-20-14-13-15-21-42)65(106)90-51(34-55(97)98)66(107)85-46(25-26-53(74)95)61(102)88-49(32-39(7)8)64(105)91-52(36-94)67(108)84-45(24-19-29-81-71(78)79)60(101)87-47(58(75)99)30-37(3)4;1-2(3)4/h13-15,20-21,37-41,43-52,56-57,94H,11-12,16-19,22-36,72-73H2,1-10H3,(H2,74,95)(H2,75,99)(H,82,109)(H,83,96)(H,84,108)(H,85,107)(H,86,110)(H,87,101)(H,88,102)(H,89,104)(H,90,106)(H,91,105)(H,92,100)(H,93,103)(H,97,98)(H4,76,77,80)(H4,78,79,81);1H3,(H,3,4). The maximum absolute atomic E-state index is 14.6. The first-order chi connectivity index (χ1) is 53.4. The summed E-state index contributed by atoms with van der Waals surface area (Å²) in [6.07, 6.45) is -0.318. The van der Waals surface area contributed by atoms with Gasteiger partial charge in [0.1, 0.15) is 66.5 Å². The van der Waals surface area contributed by atoms with Gasteiger partial charge in [-0.25, -0.2) is 0 Å². The summed E-state index contributed by atoms with van der Waals surface area (Å²) < 4.78 is 0. The molecular formula is C73H128N22O19. The van der Waals surface area contributed by atoms with E-state index in [0.29, 0.717) is 37.7 Å². The molecule has 0 aliphatic heterocycles. The highest BCUT2D eigenvalue weighted by molar-refractivity contribution is 6.00. The zero-order valence-electron chi connectivity index (χ0n) is 67.4. The van der Waals surface area contributed by atoms with Gasteiger partial charge >= 0.3 is 5.97 Å². The molecule has 1 aromatic carbocycles. The van der Waals surface area contributed by atoms with Crippen LogP contribution < -0.4 is 110 Å². The summed E-state index contributed by atoms with van der Waals surface area (Å²) >= 11 is 0. The highest BCUT2D eigenvalue weighted by atomic mass is 16.4. The fourth-order valence-electron chi connectivity index (χ4n) is 11.1. The Labute approximate surface area is 665 Å². The summed E-state index contributed by atoms with van der Waals surface area (Å²) in [4.78, 5) is 223. The lowest BCUT2D eigenvalue weighted by molar-refractivity contribution is -0.141. The summed E-state index contributed by atoms with van der Waals surface area (Å²) in [5.74, 6) is -17.7. The van der Waals surface area contributed by atoms with Crippen molar-refractivity contribution in [3.05, 3.63) is 35.9 Å². The van der Waals surface area contributed by atoms with Crippen molar-refractivity contribution in [3.8, 4) is 0 Å². The predicted molar refractivity (Wildman–Crippen MR) is 423 cm³/mol. The number of benzene rings is 1. The van der Waals surface area contributed by atoms with E-state index in [1.807, 2.05) is 6.92 Å². The van der Waals surface area contributed by atoms with Crippen LogP contribution in [0.4, 0.5) is 0 Å². The molecule has 14 unspecified atom stereocenters. The largest absolute Gasteiger partial charge is 0.481 e. The number of aliphatic imine (C=N–C) groups is 2. The number of nitrogens with zero attached hydrogens (tertiary/aromatic N) is 2. The van der Waals surface area contributed by atoms with Crippen molar-refractivity contribution >= 4 is 107 Å². The van der Waals surface area contributed by atoms with Gasteiger partial charge in [0, 0.05) is 32.9 Å². The Morgan fingerprint density at radius 1 is 0.430 bits per heavy atom. The number of carbonyl (C=O) groups excluding carboxylic acids is 14. The summed E-state index contributed by atoms with van der Waals surface area (Å²) in [5.41, 5.74) is 45.1. The number of aliphatic hydroxyl groups is 1. The van der Waals surface area contributed by atoms with Crippen LogP contribution >= 0.6 is 0 Å². The minimum absolute atomic E-state index is 0.0173. The molecule has 0 fully saturated rings. The number of hydrogen-bond acceptors (Lipinski definition) is 21. The first kappa shape index (κ1) is 103. The van der Waals surface area contributed by atoms with Crippen LogP contribution in [0.25, 0.3) is 0 Å². The molecule has 1 rings (SSSR count). The van der Waals surface area contributed by atoms with Gasteiger partial charge in [-0.2, -0.15) is 0 Å². The van der Waals surface area contributed by atoms with E-state index in [1.165, 1.54) is 0 Å². The molecule has 41 nitrogen and oxygen atoms in total. The van der Waals surface area contributed by atoms with Crippen LogP contribution in [0.3, 0.4) is 0 Å². The minimum Gasteiger partial charge on any atom is -0.481 e. The normalized spacial score (nSPS) is 14.7. The second-order valence-corrected chi connectivity index (χ2v) is 29.1. The SMILES string of the molecule is CC(=O)O.CCC(C)C(NC(=O)C(N)CCCN=C(N)N)C(=O)NC(CCCCN)C(=O)NC(C(=O)NCC(=O)NC(CC(C)C)C(=O)NC(Cc1ccccc1)C(=O)NC(CC(=O)O)C(=O)NC(CCC(N)=O)C(=O)NC(CC(C)C)C(=O)NC(CO)C(=O)NC(CCCN=C(N)N)C(=O)NC(CC(C)C)C(N)=O)C(C)CC. The average molecular weight is 1620 g/mol. The van der Waals surface area contributed by atoms with Crippen LogP contribution in [0.15, 0.2) is 40.3 Å². The molecule has 0 radical (unpaired) electrons. The second-order valence-electron chi connectivity index (χ2n) is 29.1. The van der Waals surface area contributed by atoms with Crippen molar-refractivity contribution in [2.45, 2.75) is 251 Å². The summed E-state index contributed by atoms with van der Waals surface area (Å²) in [7, 11) is 0. The lowest BCUT2D eigenvalue weighted by atomic mass is 9.96. The number of rotatable bonds is 55. The Morgan fingerprint density at radius 3 is 1.27 bits per heavy atom. The van der Waals surface area contributed by atoms with Crippen molar-refractivity contribution < 1.29 is 92.0 Å². The summed E-state index contributed by atoms with van der Waals surface area (Å²) in [5, 5.41) is 58.3. The minimum atomic E-state index is -2.03. The van der Waals surface area contributed by atoms with Crippen LogP contribution in [0.2, 0.25) is 0 Å². The molecule has 114 heavy (non-hydrogen) atoms. The number of carbonyl (C=O) groups is 16. The first-order valence-corrected chi connectivity index (χ1v) is 38.2. The van der Waals surface area contributed by atoms with Crippen LogP contribution in [0.5, 0.6) is 0 Å². The van der Waals surface area contributed by atoms with E-state index < -0.39 is 211 Å². The molecule has 0 saturated carbocycles. The molecule has 0 aliphatic rings. The van der Waals surface area contributed by atoms with E-state index in [9.17, 15) is 82.1 Å². The quantitative estimate of drug-likeness (QED) is 0.0165. The van der Waals surface area contributed by atoms with Gasteiger partial charge in [0.15, 0.2) is 11.9 Å². The monoisotopic (exact) mass is 1620 g/mol. The van der Waals surface area contributed by atoms with Crippen molar-refractivity contribution in [2.24, 2.45) is 85.4 Å². The molecule has 1 aromatic rings. The fourth-order valence-corrected chi connectivity index (χ4v) is 11.1. The number of amides is 14. The Kier molecular flexibility index (Phi) is 50.3. The number of guanidine groups is 2. The van der Waals surface area contributed by atoms with E-state index in [1.54, 1.807) is 92.6 Å². The molecule has 41 heteroatoms. The number of unbranched alkanes of at least 4 members (excludes halogenated alkanes) is 1. The number of carboxylic acids is 2. The smallest absolute Gasteiger partial charge is 0.305 e. The Hall–Kier alpha value is -10.8. The predicted octanol–water partition coefficient (Wildman–Crippen LogP) is -5.22. The van der Waals surface area contributed by atoms with Gasteiger partial charge in [-0.3, -0.25) is 86.7 Å². The fraction of sp³-hybridized carbons (Fsp3) is 0.671. The highest BCUT2D eigenvalue weighted by Gasteiger charge is 2.38. The number of nitrogens with two attached hydrogens (primary N) is 8. The maximum Gasteiger partial charge on any atom is 0.305 e. The van der Waals surface area contributed by atoms with Gasteiger partial charge in [0.2, 0.25) is 82.7 Å². The number of hydrogen-bond donors (Lipinski definition) is 23. The van der Waals surface area contributed by atoms with E-state index in [-0.39, 0.29) is 101 Å². The van der Waals surface area contributed by atoms with Crippen LogP contribution in [-0.2, 0) is 83.1 Å². The number of nitrogens with one attached hydrogen (secondary N) is 12. The molecule has 0 aliphatic carbocycles. The van der Waals surface area contributed by atoms with E-state index in [4.69, 9.17) is 55.8 Å². The Bertz CT molecular complexity index is 3350. The number of aliphatic hydroxyl groups excluding tert-OH is 1. The van der Waals surface area contributed by atoms with E-state index in [2.05, 4.69) is 73.8 Å². The second kappa shape index (κ2) is 55.6. The third kappa shape index (κ3) is 43.8. The lowest BCUT2D eigenvalue weighted by Gasteiger charge is -2.29. The molecule has 0 heterocycles. The van der Waals surface area contributed by atoms with Crippen LogP contribution in [-0.4, -0.2) is 227 Å². The van der Waals surface area contributed by atoms with Crippen molar-refractivity contribution in [1.29, 1.82) is 0 Å². The zero-order chi connectivity index (χ0) is 87.1. The van der Waals surface area contributed by atoms with Gasteiger partial charge in [-0.15, -0.1) is 0 Å². The van der Waals surface area contributed by atoms with E-state index in [0.717, 1.165) is 6.92 Å². The average Bonchev–Trinajstić information content (AvgIpc) is 0.855. The van der Waals surface area contributed by atoms with Crippen LogP contribution in [0.1, 0.15) is 178 Å². The molecule has 0 spiro atoms. The molecule has 0 aromatic heterocycles. The van der Waals surface area contributed by atoms with Crippen molar-refractivity contribution in [1.82, 2.24) is 63.8 Å². The van der Waals surface area contributed by atoms with Crippen molar-refractivity contribution in [2.75, 3.05) is 32.8 Å². The number of aliphatic carboxylic acids is 2. The van der Waals surface area contributed by atoms with Gasteiger partial charge in [-0.1, -0.05) is 112 Å². The Morgan fingerprint density at radius 2 is 0.807 bits per heavy atom. The molecule has 0 bridgehead atoms. The highest BCUT2D eigenvalue weighted by Crippen LogP contribution is 2.16. The van der Waals surface area contributed by atoms with Gasteiger partial charge in [-0.05, 0) is 112 Å². The molecular weight excluding hydrogens is 1490 g/mol. The molecule has 31 N–H and O–H groups in total. The van der Waals surface area contributed by atoms with Gasteiger partial charge in [0.05, 0.1) is 25.6 Å².